The first-order valence-electron chi connectivity index (χ1n) is 5.00. The number of aliphatic carboxylic acids is 1. The topological polar surface area (TPSA) is 80.4 Å². The van der Waals surface area contributed by atoms with Crippen LogP contribution in [0.2, 0.25) is 0 Å². The first-order chi connectivity index (χ1) is 7.54. The fraction of sp³-hybridized carbons (Fsp3) is 0.364. The van der Waals surface area contributed by atoms with Crippen LogP contribution in [0, 0.1) is 16.0 Å². The van der Waals surface area contributed by atoms with Crippen molar-refractivity contribution in [3.63, 3.8) is 0 Å². The predicted octanol–water partition coefficient (Wildman–Crippen LogP) is 2.25. The fourth-order valence-electron chi connectivity index (χ4n) is 1.49. The van der Waals surface area contributed by atoms with Crippen molar-refractivity contribution in [2.75, 3.05) is 0 Å². The molecule has 1 aromatic rings. The second-order valence-corrected chi connectivity index (χ2v) is 3.57. The van der Waals surface area contributed by atoms with E-state index in [1.807, 2.05) is 0 Å². The number of carbonyl (C=O) groups is 1. The Morgan fingerprint density at radius 3 is 2.75 bits per heavy atom. The number of hydrogen-bond donors (Lipinski definition) is 1. The van der Waals surface area contributed by atoms with Gasteiger partial charge in [-0.25, -0.2) is 0 Å². The predicted molar refractivity (Wildman–Crippen MR) is 58.2 cm³/mol. The number of nitrogens with zero attached hydrogens (tertiary/aromatic N) is 1. The highest BCUT2D eigenvalue weighted by molar-refractivity contribution is 5.70. The Hall–Kier alpha value is -1.91. The summed E-state index contributed by atoms with van der Waals surface area (Å²) in [7, 11) is 0. The lowest BCUT2D eigenvalue weighted by atomic mass is 9.97. The van der Waals surface area contributed by atoms with E-state index in [1.54, 1.807) is 19.1 Å². The minimum Gasteiger partial charge on any atom is -0.481 e. The van der Waals surface area contributed by atoms with E-state index >= 15 is 0 Å². The summed E-state index contributed by atoms with van der Waals surface area (Å²) in [4.78, 5) is 20.9. The van der Waals surface area contributed by atoms with Gasteiger partial charge in [-0.1, -0.05) is 19.1 Å². The van der Waals surface area contributed by atoms with Gasteiger partial charge in [-0.2, -0.15) is 0 Å². The lowest BCUT2D eigenvalue weighted by Crippen LogP contribution is -2.15. The number of hydrogen-bond acceptors (Lipinski definition) is 3. The minimum absolute atomic E-state index is 0.00209. The van der Waals surface area contributed by atoms with Gasteiger partial charge in [0.05, 0.1) is 10.8 Å². The highest BCUT2D eigenvalue weighted by atomic mass is 16.6. The van der Waals surface area contributed by atoms with Gasteiger partial charge >= 0.3 is 5.97 Å². The molecule has 5 nitrogen and oxygen atoms in total. The standard InChI is InChI=1S/C11H13NO4/c1-2-9(11(13)14)6-8-4-3-5-10(7-8)12(15)16/h3-5,7,9H,2,6H2,1H3,(H,13,14)/t9-/m0/s1. The van der Waals surface area contributed by atoms with Gasteiger partial charge in [0, 0.05) is 12.1 Å². The average Bonchev–Trinajstić information content (AvgIpc) is 2.25. The van der Waals surface area contributed by atoms with Gasteiger partial charge in [-0.05, 0) is 18.4 Å². The Kier molecular flexibility index (Phi) is 3.99. The normalized spacial score (nSPS) is 12.1. The van der Waals surface area contributed by atoms with E-state index in [9.17, 15) is 14.9 Å². The van der Waals surface area contributed by atoms with Crippen molar-refractivity contribution >= 4 is 11.7 Å². The van der Waals surface area contributed by atoms with Crippen molar-refractivity contribution in [1.82, 2.24) is 0 Å². The first-order valence-corrected chi connectivity index (χ1v) is 5.00. The van der Waals surface area contributed by atoms with E-state index in [0.717, 1.165) is 0 Å². The smallest absolute Gasteiger partial charge is 0.306 e. The molecule has 0 aliphatic rings. The summed E-state index contributed by atoms with van der Waals surface area (Å²) < 4.78 is 0. The van der Waals surface area contributed by atoms with Gasteiger partial charge in [0.25, 0.3) is 5.69 Å². The highest BCUT2D eigenvalue weighted by Gasteiger charge is 2.16. The molecule has 0 unspecified atom stereocenters. The van der Waals surface area contributed by atoms with Crippen molar-refractivity contribution in [3.05, 3.63) is 39.9 Å². The van der Waals surface area contributed by atoms with Crippen LogP contribution in [0.4, 0.5) is 5.69 Å². The highest BCUT2D eigenvalue weighted by Crippen LogP contribution is 2.17. The largest absolute Gasteiger partial charge is 0.481 e. The third kappa shape index (κ3) is 3.05. The van der Waals surface area contributed by atoms with E-state index in [1.165, 1.54) is 12.1 Å². The van der Waals surface area contributed by atoms with Crippen LogP contribution in [-0.2, 0) is 11.2 Å². The Morgan fingerprint density at radius 1 is 1.56 bits per heavy atom. The molecule has 0 saturated heterocycles. The summed E-state index contributed by atoms with van der Waals surface area (Å²) in [5.41, 5.74) is 0.682. The maximum Gasteiger partial charge on any atom is 0.306 e. The number of non-ortho nitro benzene ring substituents is 1. The van der Waals surface area contributed by atoms with Crippen LogP contribution >= 0.6 is 0 Å². The number of nitro groups is 1. The molecule has 0 bridgehead atoms. The van der Waals surface area contributed by atoms with Gasteiger partial charge in [0.1, 0.15) is 0 Å². The zero-order chi connectivity index (χ0) is 12.1. The van der Waals surface area contributed by atoms with Crippen LogP contribution in [0.3, 0.4) is 0 Å². The van der Waals surface area contributed by atoms with Crippen molar-refractivity contribution in [2.24, 2.45) is 5.92 Å². The Bertz CT molecular complexity index is 403. The molecule has 1 rings (SSSR count). The van der Waals surface area contributed by atoms with Crippen LogP contribution < -0.4 is 0 Å². The molecular weight excluding hydrogens is 210 g/mol. The van der Waals surface area contributed by atoms with Crippen LogP contribution in [0.5, 0.6) is 0 Å². The molecule has 0 fully saturated rings. The van der Waals surface area contributed by atoms with Crippen LogP contribution in [0.1, 0.15) is 18.9 Å². The summed E-state index contributed by atoms with van der Waals surface area (Å²) in [6, 6.07) is 6.09. The maximum absolute atomic E-state index is 10.8. The molecule has 0 heterocycles. The summed E-state index contributed by atoms with van der Waals surface area (Å²) in [5, 5.41) is 19.4. The number of benzene rings is 1. The van der Waals surface area contributed by atoms with E-state index in [2.05, 4.69) is 0 Å². The molecule has 0 saturated carbocycles. The molecule has 1 atom stereocenters. The van der Waals surface area contributed by atoms with Crippen LogP contribution in [0.15, 0.2) is 24.3 Å². The third-order valence-corrected chi connectivity index (χ3v) is 2.45. The van der Waals surface area contributed by atoms with Crippen molar-refractivity contribution < 1.29 is 14.8 Å². The van der Waals surface area contributed by atoms with E-state index in [4.69, 9.17) is 5.11 Å². The molecule has 0 amide bonds. The second kappa shape index (κ2) is 5.25. The number of nitro benzene ring substituents is 1. The van der Waals surface area contributed by atoms with Crippen molar-refractivity contribution in [1.29, 1.82) is 0 Å². The Morgan fingerprint density at radius 2 is 2.25 bits per heavy atom. The Balaban J connectivity index is 2.84. The van der Waals surface area contributed by atoms with Crippen LogP contribution in [0.25, 0.3) is 0 Å². The van der Waals surface area contributed by atoms with E-state index < -0.39 is 16.8 Å². The molecule has 16 heavy (non-hydrogen) atoms. The SMILES string of the molecule is CC[C@@H](Cc1cccc([N+](=O)[O-])c1)C(=O)O. The lowest BCUT2D eigenvalue weighted by molar-refractivity contribution is -0.384. The van der Waals surface area contributed by atoms with E-state index in [-0.39, 0.29) is 5.69 Å². The van der Waals surface area contributed by atoms with Gasteiger partial charge in [0.2, 0.25) is 0 Å². The molecule has 1 aromatic carbocycles. The summed E-state index contributed by atoms with van der Waals surface area (Å²) >= 11 is 0. The molecular formula is C11H13NO4. The van der Waals surface area contributed by atoms with E-state index in [0.29, 0.717) is 18.4 Å². The molecule has 86 valence electrons. The van der Waals surface area contributed by atoms with Gasteiger partial charge < -0.3 is 5.11 Å². The van der Waals surface area contributed by atoms with Crippen LogP contribution in [-0.4, -0.2) is 16.0 Å². The molecule has 1 N–H and O–H groups in total. The summed E-state index contributed by atoms with van der Waals surface area (Å²) in [6.45, 7) is 1.79. The summed E-state index contributed by atoms with van der Waals surface area (Å²) in [5.74, 6) is -1.35. The number of carboxylic acids is 1. The molecule has 0 aliphatic heterocycles. The number of rotatable bonds is 5. The quantitative estimate of drug-likeness (QED) is 0.613. The zero-order valence-electron chi connectivity index (χ0n) is 8.92. The fourth-order valence-corrected chi connectivity index (χ4v) is 1.49. The monoisotopic (exact) mass is 223 g/mol. The minimum atomic E-state index is -0.867. The molecule has 5 heteroatoms. The van der Waals surface area contributed by atoms with Crippen molar-refractivity contribution in [2.45, 2.75) is 19.8 Å². The Labute approximate surface area is 92.9 Å². The van der Waals surface area contributed by atoms with Gasteiger partial charge in [0.15, 0.2) is 0 Å². The van der Waals surface area contributed by atoms with Gasteiger partial charge in [-0.3, -0.25) is 14.9 Å². The molecule has 0 radical (unpaired) electrons. The molecule has 0 spiro atoms. The molecule has 0 aliphatic carbocycles. The zero-order valence-corrected chi connectivity index (χ0v) is 8.92. The van der Waals surface area contributed by atoms with Gasteiger partial charge in [-0.15, -0.1) is 0 Å². The lowest BCUT2D eigenvalue weighted by Gasteiger charge is -2.08. The van der Waals surface area contributed by atoms with Crippen molar-refractivity contribution in [3.8, 4) is 0 Å². The molecule has 0 aromatic heterocycles. The third-order valence-electron chi connectivity index (χ3n) is 2.45. The average molecular weight is 223 g/mol. The number of carboxylic acid groups (broad SMARTS) is 1. The summed E-state index contributed by atoms with van der Waals surface area (Å²) in [6.07, 6.45) is 0.839. The maximum atomic E-state index is 10.8. The second-order valence-electron chi connectivity index (χ2n) is 3.57. The first kappa shape index (κ1) is 12.2.